The molecule has 0 saturated heterocycles. The van der Waals surface area contributed by atoms with Crippen molar-refractivity contribution >= 4 is 75.1 Å². The van der Waals surface area contributed by atoms with Gasteiger partial charge in [-0.05, 0) is 78.7 Å². The Morgan fingerprint density at radius 2 is 1.35 bits per heavy atom. The molecule has 0 aliphatic heterocycles. The minimum atomic E-state index is -0.852. The van der Waals surface area contributed by atoms with E-state index < -0.39 is 34.8 Å². The van der Waals surface area contributed by atoms with E-state index in [1.165, 1.54) is 39.2 Å². The van der Waals surface area contributed by atoms with Crippen molar-refractivity contribution in [2.45, 2.75) is 17.1 Å². The minimum absolute atomic E-state index is 0.0589. The monoisotopic (exact) mass is 840 g/mol. The molecule has 0 aliphatic rings. The Morgan fingerprint density at radius 1 is 0.683 bits per heavy atom. The maximum Gasteiger partial charge on any atom is 0.341 e. The van der Waals surface area contributed by atoms with Crippen LogP contribution in [0.3, 0.4) is 0 Å². The van der Waals surface area contributed by atoms with Gasteiger partial charge in [0, 0.05) is 33.5 Å². The highest BCUT2D eigenvalue weighted by Gasteiger charge is 2.30. The molecule has 4 N–H and O–H groups in total. The van der Waals surface area contributed by atoms with Crippen molar-refractivity contribution in [1.82, 2.24) is 5.32 Å². The third-order valence-electron chi connectivity index (χ3n) is 8.97. The van der Waals surface area contributed by atoms with E-state index in [9.17, 15) is 24.0 Å². The quantitative estimate of drug-likeness (QED) is 0.0450. The predicted octanol–water partition coefficient (Wildman–Crippen LogP) is 8.99. The van der Waals surface area contributed by atoms with Gasteiger partial charge in [0.25, 0.3) is 17.7 Å². The standard InChI is InChI=1S/C46H40N4O8S2/c1-28-38(46(55)58-4)45(60-39(28)43(53)47-32-19-12-7-13-20-32)50-44(54)40(29-15-8-5-9-16-29)59-35-22-14-21-33(26-35)48-42(52)36(49-41(51)30-17-10-6-11-18-30)25-31-23-24-34(56-2)27-37(31)57-3/h5-27,40H,1-4H3,(H,47,53)(H,48,52)(H,49,51)(H,50,54)/b36-25+. The van der Waals surface area contributed by atoms with Crippen molar-refractivity contribution in [3.8, 4) is 11.5 Å². The fourth-order valence-corrected chi connectivity index (χ4v) is 8.15. The smallest absolute Gasteiger partial charge is 0.341 e. The number of methoxy groups -OCH3 is 3. The van der Waals surface area contributed by atoms with Gasteiger partial charge in [0.2, 0.25) is 5.91 Å². The summed E-state index contributed by atoms with van der Waals surface area (Å²) >= 11 is 2.18. The summed E-state index contributed by atoms with van der Waals surface area (Å²) in [6.45, 7) is 1.63. The topological polar surface area (TPSA) is 161 Å². The average molecular weight is 841 g/mol. The second-order valence-corrected chi connectivity index (χ2v) is 15.1. The summed E-state index contributed by atoms with van der Waals surface area (Å²) in [7, 11) is 4.25. The first-order valence-corrected chi connectivity index (χ1v) is 20.1. The van der Waals surface area contributed by atoms with Crippen LogP contribution in [0.1, 0.15) is 52.3 Å². The number of carbonyl (C=O) groups is 5. The summed E-state index contributed by atoms with van der Waals surface area (Å²) < 4.78 is 15.9. The maximum atomic E-state index is 14.3. The van der Waals surface area contributed by atoms with Gasteiger partial charge in [-0.2, -0.15) is 0 Å². The Hall–Kier alpha value is -7.16. The zero-order valence-corrected chi connectivity index (χ0v) is 34.6. The van der Waals surface area contributed by atoms with Gasteiger partial charge in [-0.15, -0.1) is 23.1 Å². The van der Waals surface area contributed by atoms with Crippen LogP contribution in [0.25, 0.3) is 6.08 Å². The van der Waals surface area contributed by atoms with Gasteiger partial charge < -0.3 is 35.5 Å². The molecule has 0 radical (unpaired) electrons. The van der Waals surface area contributed by atoms with Crippen molar-refractivity contribution in [2.24, 2.45) is 0 Å². The lowest BCUT2D eigenvalue weighted by molar-refractivity contribution is -0.116. The molecule has 1 aromatic heterocycles. The molecule has 5 aromatic carbocycles. The number of esters is 1. The van der Waals surface area contributed by atoms with Crippen molar-refractivity contribution in [1.29, 1.82) is 0 Å². The SMILES string of the molecule is COC(=O)c1c(NC(=O)C(Sc2cccc(NC(=O)/C(=C\c3ccc(OC)cc3OC)NC(=O)c3ccccc3)c2)c2ccccc2)sc(C(=O)Nc2ccccc2)c1C. The van der Waals surface area contributed by atoms with Crippen molar-refractivity contribution in [3.05, 3.63) is 172 Å². The normalized spacial score (nSPS) is 11.4. The third-order valence-corrected chi connectivity index (χ3v) is 11.4. The fraction of sp³-hybridized carbons (Fsp3) is 0.109. The molecule has 60 heavy (non-hydrogen) atoms. The molecule has 0 aliphatic carbocycles. The number of ether oxygens (including phenoxy) is 3. The molecule has 1 unspecified atom stereocenters. The van der Waals surface area contributed by atoms with Crippen LogP contribution in [0.15, 0.2) is 144 Å². The van der Waals surface area contributed by atoms with Crippen LogP contribution in [0.2, 0.25) is 0 Å². The highest BCUT2D eigenvalue weighted by molar-refractivity contribution is 8.00. The average Bonchev–Trinajstić information content (AvgIpc) is 3.60. The zero-order chi connectivity index (χ0) is 42.6. The van der Waals surface area contributed by atoms with Crippen molar-refractivity contribution in [2.75, 3.05) is 37.3 Å². The van der Waals surface area contributed by atoms with Crippen LogP contribution in [0, 0.1) is 6.92 Å². The number of benzene rings is 5. The summed E-state index contributed by atoms with van der Waals surface area (Å²) in [6.07, 6.45) is 1.51. The van der Waals surface area contributed by atoms with E-state index in [2.05, 4.69) is 21.3 Å². The summed E-state index contributed by atoms with van der Waals surface area (Å²) in [5.41, 5.74) is 2.86. The number of nitrogens with one attached hydrogen (secondary N) is 4. The van der Waals surface area contributed by atoms with Crippen LogP contribution < -0.4 is 30.7 Å². The van der Waals surface area contributed by atoms with E-state index in [1.807, 2.05) is 36.4 Å². The van der Waals surface area contributed by atoms with Gasteiger partial charge in [-0.1, -0.05) is 72.8 Å². The van der Waals surface area contributed by atoms with E-state index in [4.69, 9.17) is 14.2 Å². The van der Waals surface area contributed by atoms with E-state index in [1.54, 1.807) is 104 Å². The number of thiophene rings is 1. The number of amides is 4. The lowest BCUT2D eigenvalue weighted by atomic mass is 10.1. The molecule has 304 valence electrons. The van der Waals surface area contributed by atoms with Crippen LogP contribution in [0.4, 0.5) is 16.4 Å². The van der Waals surface area contributed by atoms with Crippen LogP contribution in [-0.4, -0.2) is 50.9 Å². The highest BCUT2D eigenvalue weighted by atomic mass is 32.2. The van der Waals surface area contributed by atoms with Gasteiger partial charge >= 0.3 is 5.97 Å². The number of hydrogen-bond acceptors (Lipinski definition) is 10. The Kier molecular flexibility index (Phi) is 14.2. The van der Waals surface area contributed by atoms with E-state index >= 15 is 0 Å². The van der Waals surface area contributed by atoms with E-state index in [0.717, 1.165) is 11.3 Å². The number of carbonyl (C=O) groups excluding carboxylic acids is 5. The van der Waals surface area contributed by atoms with Gasteiger partial charge in [0.1, 0.15) is 27.4 Å². The summed E-state index contributed by atoms with van der Waals surface area (Å²) in [5, 5.41) is 10.7. The summed E-state index contributed by atoms with van der Waals surface area (Å²) in [4.78, 5) is 68.8. The number of hydrogen-bond donors (Lipinski definition) is 4. The molecule has 1 atom stereocenters. The predicted molar refractivity (Wildman–Crippen MR) is 235 cm³/mol. The van der Waals surface area contributed by atoms with Crippen molar-refractivity contribution in [3.63, 3.8) is 0 Å². The first-order valence-electron chi connectivity index (χ1n) is 18.4. The number of rotatable bonds is 15. The van der Waals surface area contributed by atoms with Crippen LogP contribution in [-0.2, 0) is 14.3 Å². The number of anilines is 3. The largest absolute Gasteiger partial charge is 0.497 e. The zero-order valence-electron chi connectivity index (χ0n) is 32.9. The molecular weight excluding hydrogens is 801 g/mol. The van der Waals surface area contributed by atoms with Gasteiger partial charge in [0.15, 0.2) is 0 Å². The Balaban J connectivity index is 1.27. The molecule has 4 amide bonds. The Morgan fingerprint density at radius 3 is 2.02 bits per heavy atom. The molecule has 12 nitrogen and oxygen atoms in total. The van der Waals surface area contributed by atoms with Gasteiger partial charge in [-0.25, -0.2) is 4.79 Å². The Labute approximate surface area is 355 Å². The Bertz CT molecular complexity index is 2540. The van der Waals surface area contributed by atoms with Crippen LogP contribution in [0.5, 0.6) is 11.5 Å². The molecule has 1 heterocycles. The molecule has 6 rings (SSSR count). The van der Waals surface area contributed by atoms with Crippen LogP contribution >= 0.6 is 23.1 Å². The molecule has 0 saturated carbocycles. The first kappa shape index (κ1) is 42.4. The number of thioether (sulfide) groups is 1. The van der Waals surface area contributed by atoms with E-state index in [0.29, 0.717) is 50.0 Å². The lowest BCUT2D eigenvalue weighted by Crippen LogP contribution is -2.30. The number of para-hydroxylation sites is 1. The first-order chi connectivity index (χ1) is 29.1. The summed E-state index contributed by atoms with van der Waals surface area (Å²) in [5.74, 6) is -1.76. The van der Waals surface area contributed by atoms with Gasteiger partial charge in [-0.3, -0.25) is 19.2 Å². The molecule has 0 spiro atoms. The molecule has 6 aromatic rings. The second-order valence-electron chi connectivity index (χ2n) is 12.9. The van der Waals surface area contributed by atoms with E-state index in [-0.39, 0.29) is 21.1 Å². The molecule has 14 heteroatoms. The summed E-state index contributed by atoms with van der Waals surface area (Å²) in [6, 6.07) is 38.4. The molecule has 0 fully saturated rings. The molecule has 0 bridgehead atoms. The second kappa shape index (κ2) is 20.0. The lowest BCUT2D eigenvalue weighted by Gasteiger charge is -2.18. The fourth-order valence-electron chi connectivity index (χ4n) is 5.97. The molecular formula is C46H40N4O8S2. The van der Waals surface area contributed by atoms with Gasteiger partial charge in [0.05, 0.1) is 31.8 Å². The van der Waals surface area contributed by atoms with Crippen molar-refractivity contribution < 1.29 is 38.2 Å². The maximum absolute atomic E-state index is 14.3. The minimum Gasteiger partial charge on any atom is -0.497 e. The third kappa shape index (κ3) is 10.5. The highest BCUT2D eigenvalue weighted by Crippen LogP contribution is 2.40.